The zero-order valence-electron chi connectivity index (χ0n) is 15.9. The third-order valence-electron chi connectivity index (χ3n) is 4.61. The molecule has 2 heterocycles. The summed E-state index contributed by atoms with van der Waals surface area (Å²) in [6, 6.07) is 18.4. The third kappa shape index (κ3) is 4.03. The van der Waals surface area contributed by atoms with Gasteiger partial charge in [0.05, 0.1) is 23.8 Å². The molecule has 0 aliphatic heterocycles. The van der Waals surface area contributed by atoms with Crippen molar-refractivity contribution in [2.45, 2.75) is 20.0 Å². The molecule has 2 N–H and O–H groups in total. The fourth-order valence-corrected chi connectivity index (χ4v) is 3.14. The zero-order chi connectivity index (χ0) is 20.2. The number of hydrogen-bond donors (Lipinski definition) is 2. The van der Waals surface area contributed by atoms with Crippen LogP contribution in [0.3, 0.4) is 0 Å². The van der Waals surface area contributed by atoms with Gasteiger partial charge in [0, 0.05) is 5.69 Å². The summed E-state index contributed by atoms with van der Waals surface area (Å²) in [6.07, 6.45) is 1.44. The summed E-state index contributed by atoms with van der Waals surface area (Å²) in [4.78, 5) is 29.5. The lowest BCUT2D eigenvalue weighted by Gasteiger charge is -2.12. The van der Waals surface area contributed by atoms with Crippen LogP contribution >= 0.6 is 0 Å². The smallest absolute Gasteiger partial charge is 0.287 e. The number of benzene rings is 2. The van der Waals surface area contributed by atoms with Crippen molar-refractivity contribution < 1.29 is 14.0 Å². The highest BCUT2D eigenvalue weighted by Crippen LogP contribution is 2.18. The minimum atomic E-state index is -0.335. The lowest BCUT2D eigenvalue weighted by Crippen LogP contribution is -2.26. The van der Waals surface area contributed by atoms with Crippen LogP contribution in [0.1, 0.15) is 21.9 Å². The van der Waals surface area contributed by atoms with Gasteiger partial charge in [-0.2, -0.15) is 0 Å². The average Bonchev–Trinajstić information content (AvgIpc) is 3.37. The van der Waals surface area contributed by atoms with Crippen LogP contribution in [-0.2, 0) is 17.9 Å². The molecule has 0 saturated carbocycles. The van der Waals surface area contributed by atoms with Crippen LogP contribution < -0.4 is 10.6 Å². The Labute approximate surface area is 167 Å². The van der Waals surface area contributed by atoms with Crippen LogP contribution in [0.5, 0.6) is 0 Å². The summed E-state index contributed by atoms with van der Waals surface area (Å²) in [5, 5.41) is 5.72. The molecule has 2 aromatic heterocycles. The molecule has 0 bridgehead atoms. The Balaban J connectivity index is 1.55. The Kier molecular flexibility index (Phi) is 5.11. The Morgan fingerprint density at radius 3 is 2.62 bits per heavy atom. The molecular weight excluding hydrogens is 368 g/mol. The molecule has 0 fully saturated rings. The van der Waals surface area contributed by atoms with Gasteiger partial charge < -0.3 is 19.6 Å². The van der Waals surface area contributed by atoms with Gasteiger partial charge in [-0.05, 0) is 42.8 Å². The van der Waals surface area contributed by atoms with Crippen LogP contribution in [0, 0.1) is 6.92 Å². The number of carbonyl (C=O) groups is 2. The Hall–Kier alpha value is -3.87. The molecule has 4 rings (SSSR count). The number of hydrogen-bond acceptors (Lipinski definition) is 4. The van der Waals surface area contributed by atoms with E-state index in [1.165, 1.54) is 6.26 Å². The topological polar surface area (TPSA) is 89.2 Å². The van der Waals surface area contributed by atoms with E-state index in [4.69, 9.17) is 4.42 Å². The van der Waals surface area contributed by atoms with E-state index in [2.05, 4.69) is 15.6 Å². The normalized spacial score (nSPS) is 10.8. The van der Waals surface area contributed by atoms with Gasteiger partial charge in [-0.15, -0.1) is 0 Å². The fraction of sp³-hybridized carbons (Fsp3) is 0.136. The van der Waals surface area contributed by atoms with E-state index in [-0.39, 0.29) is 30.7 Å². The predicted octanol–water partition coefficient (Wildman–Crippen LogP) is 3.51. The molecule has 0 atom stereocenters. The number of anilines is 1. The predicted molar refractivity (Wildman–Crippen MR) is 109 cm³/mol. The quantitative estimate of drug-likeness (QED) is 0.529. The van der Waals surface area contributed by atoms with E-state index >= 15 is 0 Å². The molecule has 146 valence electrons. The molecule has 0 spiro atoms. The highest BCUT2D eigenvalue weighted by molar-refractivity contribution is 5.93. The van der Waals surface area contributed by atoms with E-state index in [0.717, 1.165) is 22.3 Å². The fourth-order valence-electron chi connectivity index (χ4n) is 3.14. The number of nitrogens with zero attached hydrogens (tertiary/aromatic N) is 2. The summed E-state index contributed by atoms with van der Waals surface area (Å²) < 4.78 is 6.92. The largest absolute Gasteiger partial charge is 0.459 e. The molecule has 0 radical (unpaired) electrons. The van der Waals surface area contributed by atoms with Crippen molar-refractivity contribution in [3.05, 3.63) is 84.1 Å². The van der Waals surface area contributed by atoms with Crippen molar-refractivity contribution in [1.29, 1.82) is 0 Å². The Bertz CT molecular complexity index is 1160. The molecular formula is C22H20N4O3. The minimum absolute atomic E-state index is 0.0841. The maximum atomic E-state index is 12.7. The molecule has 0 unspecified atom stereocenters. The molecule has 2 aromatic carbocycles. The number of para-hydroxylation sites is 3. The number of fused-ring (bicyclic) bond motifs is 1. The maximum Gasteiger partial charge on any atom is 0.287 e. The first-order chi connectivity index (χ1) is 14.1. The van der Waals surface area contributed by atoms with Gasteiger partial charge in [-0.3, -0.25) is 9.59 Å². The lowest BCUT2D eigenvalue weighted by atomic mass is 10.2. The van der Waals surface area contributed by atoms with E-state index in [9.17, 15) is 9.59 Å². The standard InChI is InChI=1S/C22H20N4O3/c1-15-7-2-3-8-16(15)25-21(27)14-26-18-10-5-4-9-17(18)24-20(26)13-23-22(28)19-11-6-12-29-19/h2-12H,13-14H2,1H3,(H,23,28)(H,25,27). The SMILES string of the molecule is Cc1ccccc1NC(=O)Cn1c(CNC(=O)c2ccco2)nc2ccccc21. The number of imidazole rings is 1. The highest BCUT2D eigenvalue weighted by atomic mass is 16.3. The van der Waals surface area contributed by atoms with Crippen molar-refractivity contribution >= 4 is 28.5 Å². The second kappa shape index (κ2) is 8.02. The summed E-state index contributed by atoms with van der Waals surface area (Å²) in [5.74, 6) is 0.315. The van der Waals surface area contributed by atoms with E-state index in [0.29, 0.717) is 5.82 Å². The summed E-state index contributed by atoms with van der Waals surface area (Å²) in [7, 11) is 0. The van der Waals surface area contributed by atoms with Crippen LogP contribution in [0.15, 0.2) is 71.3 Å². The van der Waals surface area contributed by atoms with Crippen molar-refractivity contribution in [2.24, 2.45) is 0 Å². The monoisotopic (exact) mass is 388 g/mol. The average molecular weight is 388 g/mol. The first-order valence-corrected chi connectivity index (χ1v) is 9.23. The van der Waals surface area contributed by atoms with Crippen LogP contribution in [0.25, 0.3) is 11.0 Å². The Morgan fingerprint density at radius 1 is 1.03 bits per heavy atom. The molecule has 2 amide bonds. The molecule has 0 saturated heterocycles. The number of aryl methyl sites for hydroxylation is 1. The number of aromatic nitrogens is 2. The van der Waals surface area contributed by atoms with Gasteiger partial charge in [0.2, 0.25) is 5.91 Å². The second-order valence-corrected chi connectivity index (χ2v) is 6.63. The number of amides is 2. The van der Waals surface area contributed by atoms with Crippen molar-refractivity contribution in [1.82, 2.24) is 14.9 Å². The molecule has 4 aromatic rings. The zero-order valence-corrected chi connectivity index (χ0v) is 15.9. The van der Waals surface area contributed by atoms with Gasteiger partial charge in [0.25, 0.3) is 5.91 Å². The van der Waals surface area contributed by atoms with Crippen LogP contribution in [-0.4, -0.2) is 21.4 Å². The van der Waals surface area contributed by atoms with Gasteiger partial charge in [0.1, 0.15) is 12.4 Å². The number of furan rings is 1. The highest BCUT2D eigenvalue weighted by Gasteiger charge is 2.16. The summed E-state index contributed by atoms with van der Waals surface area (Å²) >= 11 is 0. The minimum Gasteiger partial charge on any atom is -0.459 e. The lowest BCUT2D eigenvalue weighted by molar-refractivity contribution is -0.116. The van der Waals surface area contributed by atoms with Gasteiger partial charge in [-0.1, -0.05) is 30.3 Å². The van der Waals surface area contributed by atoms with Crippen molar-refractivity contribution in [3.8, 4) is 0 Å². The maximum absolute atomic E-state index is 12.7. The van der Waals surface area contributed by atoms with E-state index in [1.807, 2.05) is 60.0 Å². The molecule has 0 aliphatic rings. The number of rotatable bonds is 6. The van der Waals surface area contributed by atoms with Gasteiger partial charge >= 0.3 is 0 Å². The van der Waals surface area contributed by atoms with Crippen molar-refractivity contribution in [2.75, 3.05) is 5.32 Å². The van der Waals surface area contributed by atoms with Crippen LogP contribution in [0.2, 0.25) is 0 Å². The number of carbonyl (C=O) groups excluding carboxylic acids is 2. The Morgan fingerprint density at radius 2 is 1.83 bits per heavy atom. The molecule has 0 aliphatic carbocycles. The summed E-state index contributed by atoms with van der Waals surface area (Å²) in [5.41, 5.74) is 3.35. The summed E-state index contributed by atoms with van der Waals surface area (Å²) in [6.45, 7) is 2.20. The molecule has 7 heteroatoms. The van der Waals surface area contributed by atoms with Gasteiger partial charge in [-0.25, -0.2) is 4.98 Å². The van der Waals surface area contributed by atoms with E-state index in [1.54, 1.807) is 12.1 Å². The molecule has 7 nitrogen and oxygen atoms in total. The van der Waals surface area contributed by atoms with Gasteiger partial charge in [0.15, 0.2) is 5.76 Å². The third-order valence-corrected chi connectivity index (χ3v) is 4.61. The first kappa shape index (κ1) is 18.5. The van der Waals surface area contributed by atoms with Crippen molar-refractivity contribution in [3.63, 3.8) is 0 Å². The number of nitrogens with one attached hydrogen (secondary N) is 2. The second-order valence-electron chi connectivity index (χ2n) is 6.63. The first-order valence-electron chi connectivity index (χ1n) is 9.23. The van der Waals surface area contributed by atoms with Crippen LogP contribution in [0.4, 0.5) is 5.69 Å². The van der Waals surface area contributed by atoms with E-state index < -0.39 is 0 Å². The molecule has 29 heavy (non-hydrogen) atoms.